The van der Waals surface area contributed by atoms with Gasteiger partial charge in [0.1, 0.15) is 16.4 Å². The molecule has 1 fully saturated rings. The Kier molecular flexibility index (Phi) is 7.28. The van der Waals surface area contributed by atoms with Crippen LogP contribution in [0.4, 0.5) is 10.2 Å². The van der Waals surface area contributed by atoms with Gasteiger partial charge < -0.3 is 4.90 Å². The Balaban J connectivity index is 1.57. The van der Waals surface area contributed by atoms with Crippen molar-refractivity contribution < 1.29 is 17.6 Å². The van der Waals surface area contributed by atoms with Gasteiger partial charge in [0.15, 0.2) is 5.78 Å². The van der Waals surface area contributed by atoms with Crippen LogP contribution < -0.4 is 4.90 Å². The van der Waals surface area contributed by atoms with Crippen LogP contribution in [-0.2, 0) is 16.4 Å². The molecule has 1 saturated heterocycles. The Bertz CT molecular complexity index is 1640. The maximum Gasteiger partial charge on any atom is 0.244 e. The lowest BCUT2D eigenvalue weighted by molar-refractivity contribution is 0.0770. The molecule has 11 heteroatoms. The molecule has 0 N–H and O–H groups in total. The lowest BCUT2D eigenvalue weighted by Crippen LogP contribution is -2.53. The molecule has 0 radical (unpaired) electrons. The van der Waals surface area contributed by atoms with E-state index in [9.17, 15) is 17.6 Å². The van der Waals surface area contributed by atoms with Gasteiger partial charge in [-0.05, 0) is 74.7 Å². The Hall–Kier alpha value is -3.96. The maximum absolute atomic E-state index is 14.2. The van der Waals surface area contributed by atoms with Gasteiger partial charge in [-0.1, -0.05) is 11.6 Å². The molecule has 0 bridgehead atoms. The van der Waals surface area contributed by atoms with Gasteiger partial charge in [0.05, 0.1) is 23.1 Å². The SMILES string of the molecule is C/C(F)=C\C=C(/C)n1ncc2c1C=C1CCN(S(=O)(=O)c3ccc(N(C)C)nc3)C[C@@]1(C(=O)c1ccccn1)C2. The van der Waals surface area contributed by atoms with Crippen molar-refractivity contribution in [2.45, 2.75) is 31.6 Å². The lowest BCUT2D eigenvalue weighted by atomic mass is 9.65. The molecule has 1 atom stereocenters. The molecule has 2 aliphatic rings. The Morgan fingerprint density at radius 2 is 1.90 bits per heavy atom. The van der Waals surface area contributed by atoms with Crippen LogP contribution in [0.25, 0.3) is 11.8 Å². The number of aromatic nitrogens is 4. The van der Waals surface area contributed by atoms with Gasteiger partial charge in [0, 0.05) is 45.3 Å². The Labute approximate surface area is 233 Å². The van der Waals surface area contributed by atoms with E-state index in [1.807, 2.05) is 27.1 Å². The minimum Gasteiger partial charge on any atom is -0.363 e. The van der Waals surface area contributed by atoms with Crippen LogP contribution in [0, 0.1) is 5.41 Å². The summed E-state index contributed by atoms with van der Waals surface area (Å²) < 4.78 is 44.0. The molecule has 0 unspecified atom stereocenters. The number of Topliss-reactive ketones (excluding diaryl/α,β-unsaturated/α-hetero) is 1. The van der Waals surface area contributed by atoms with Crippen LogP contribution in [0.2, 0.25) is 0 Å². The average molecular weight is 563 g/mol. The zero-order chi connectivity index (χ0) is 28.7. The van der Waals surface area contributed by atoms with Crippen molar-refractivity contribution >= 4 is 33.4 Å². The van der Waals surface area contributed by atoms with Crippen molar-refractivity contribution in [3.8, 4) is 0 Å². The number of anilines is 1. The molecule has 5 rings (SSSR count). The van der Waals surface area contributed by atoms with E-state index in [-0.39, 0.29) is 41.7 Å². The second kappa shape index (κ2) is 10.5. The second-order valence-electron chi connectivity index (χ2n) is 10.3. The van der Waals surface area contributed by atoms with Crippen molar-refractivity contribution in [1.82, 2.24) is 24.1 Å². The lowest BCUT2D eigenvalue weighted by Gasteiger charge is -2.44. The quantitative estimate of drug-likeness (QED) is 0.311. The van der Waals surface area contributed by atoms with Gasteiger partial charge in [-0.15, -0.1) is 0 Å². The van der Waals surface area contributed by atoms with E-state index in [4.69, 9.17) is 0 Å². The fraction of sp³-hybridized carbons (Fsp3) is 0.310. The highest BCUT2D eigenvalue weighted by Gasteiger charge is 2.51. The first-order valence-corrected chi connectivity index (χ1v) is 14.4. The first-order valence-electron chi connectivity index (χ1n) is 12.9. The number of rotatable bonds is 7. The smallest absolute Gasteiger partial charge is 0.244 e. The summed E-state index contributed by atoms with van der Waals surface area (Å²) >= 11 is 0. The largest absolute Gasteiger partial charge is 0.363 e. The molecule has 4 heterocycles. The number of allylic oxidation sites excluding steroid dienone is 4. The second-order valence-corrected chi connectivity index (χ2v) is 12.3. The molecule has 3 aromatic heterocycles. The van der Waals surface area contributed by atoms with Crippen molar-refractivity contribution in [2.24, 2.45) is 5.41 Å². The molecular formula is C29H31FN6O3S. The molecule has 40 heavy (non-hydrogen) atoms. The normalized spacial score (nSPS) is 20.0. The van der Waals surface area contributed by atoms with E-state index in [1.165, 1.54) is 23.5 Å². The number of fused-ring (bicyclic) bond motifs is 2. The predicted molar refractivity (Wildman–Crippen MR) is 152 cm³/mol. The summed E-state index contributed by atoms with van der Waals surface area (Å²) in [5.74, 6) is 0.0868. The number of nitrogens with zero attached hydrogens (tertiary/aromatic N) is 6. The molecule has 3 aromatic rings. The van der Waals surface area contributed by atoms with Gasteiger partial charge in [-0.2, -0.15) is 9.40 Å². The van der Waals surface area contributed by atoms with E-state index in [0.717, 1.165) is 16.8 Å². The number of ketones is 1. The Morgan fingerprint density at radius 1 is 1.10 bits per heavy atom. The number of halogens is 1. The molecule has 0 spiro atoms. The zero-order valence-electron chi connectivity index (χ0n) is 22.9. The van der Waals surface area contributed by atoms with E-state index in [1.54, 1.807) is 58.4 Å². The van der Waals surface area contributed by atoms with Gasteiger partial charge in [0.2, 0.25) is 10.0 Å². The zero-order valence-corrected chi connectivity index (χ0v) is 23.7. The highest BCUT2D eigenvalue weighted by atomic mass is 32.2. The third-order valence-corrected chi connectivity index (χ3v) is 9.25. The first kappa shape index (κ1) is 27.6. The molecular weight excluding hydrogens is 531 g/mol. The van der Waals surface area contributed by atoms with E-state index < -0.39 is 15.4 Å². The van der Waals surface area contributed by atoms with E-state index in [0.29, 0.717) is 17.9 Å². The molecule has 0 amide bonds. The van der Waals surface area contributed by atoms with Gasteiger partial charge >= 0.3 is 0 Å². The summed E-state index contributed by atoms with van der Waals surface area (Å²) in [7, 11) is -0.268. The third-order valence-electron chi connectivity index (χ3n) is 7.42. The highest BCUT2D eigenvalue weighted by molar-refractivity contribution is 7.89. The minimum atomic E-state index is -3.93. The molecule has 1 aliphatic carbocycles. The fourth-order valence-electron chi connectivity index (χ4n) is 5.29. The molecule has 0 aromatic carbocycles. The standard InChI is InChI=1S/C29H31FN6O3S/c1-20(30)8-9-21(2)36-26-15-23-12-14-35(40(38,39)24-10-11-27(32-18-24)34(3)4)19-29(23,16-22(26)17-33-36)28(37)25-7-5-6-13-31-25/h5-11,13,15,17-18H,12,14,16,19H2,1-4H3/b20-8+,21-9+/t29-/m0/s1. The maximum atomic E-state index is 14.2. The number of sulfonamides is 1. The third kappa shape index (κ3) is 4.90. The number of pyridine rings is 2. The molecule has 1 aliphatic heterocycles. The number of piperidine rings is 1. The molecule has 0 saturated carbocycles. The number of hydrogen-bond donors (Lipinski definition) is 0. The summed E-state index contributed by atoms with van der Waals surface area (Å²) in [4.78, 5) is 24.6. The monoisotopic (exact) mass is 562 g/mol. The Morgan fingerprint density at radius 3 is 2.55 bits per heavy atom. The van der Waals surface area contributed by atoms with Crippen molar-refractivity contribution in [3.05, 3.63) is 89.4 Å². The first-order chi connectivity index (χ1) is 19.0. The summed E-state index contributed by atoms with van der Waals surface area (Å²) in [6.45, 7) is 3.38. The van der Waals surface area contributed by atoms with Crippen LogP contribution >= 0.6 is 0 Å². The van der Waals surface area contributed by atoms with E-state index >= 15 is 0 Å². The minimum absolute atomic E-state index is 0.0325. The summed E-state index contributed by atoms with van der Waals surface area (Å²) in [6.07, 6.45) is 10.2. The van der Waals surface area contributed by atoms with Gasteiger partial charge in [-0.25, -0.2) is 22.5 Å². The van der Waals surface area contributed by atoms with Crippen LogP contribution in [-0.4, -0.2) is 65.4 Å². The predicted octanol–water partition coefficient (Wildman–Crippen LogP) is 4.38. The summed E-state index contributed by atoms with van der Waals surface area (Å²) in [5.41, 5.74) is 2.28. The van der Waals surface area contributed by atoms with E-state index in [2.05, 4.69) is 15.1 Å². The molecule has 208 valence electrons. The topological polar surface area (TPSA) is 101 Å². The van der Waals surface area contributed by atoms with Crippen LogP contribution in [0.1, 0.15) is 42.0 Å². The van der Waals surface area contributed by atoms with Crippen LogP contribution in [0.5, 0.6) is 0 Å². The van der Waals surface area contributed by atoms with Crippen LogP contribution in [0.3, 0.4) is 0 Å². The summed E-state index contributed by atoms with van der Waals surface area (Å²) in [6, 6.07) is 8.34. The van der Waals surface area contributed by atoms with Crippen molar-refractivity contribution in [3.63, 3.8) is 0 Å². The van der Waals surface area contributed by atoms with Crippen LogP contribution in [0.15, 0.2) is 77.4 Å². The van der Waals surface area contributed by atoms with Gasteiger partial charge in [-0.3, -0.25) is 9.78 Å². The highest BCUT2D eigenvalue weighted by Crippen LogP contribution is 2.47. The molecule has 9 nitrogen and oxygen atoms in total. The number of hydrogen-bond acceptors (Lipinski definition) is 7. The van der Waals surface area contributed by atoms with Crippen molar-refractivity contribution in [2.75, 3.05) is 32.1 Å². The van der Waals surface area contributed by atoms with Crippen molar-refractivity contribution in [1.29, 1.82) is 0 Å². The number of carbonyl (C=O) groups excluding carboxylic acids is 1. The fourth-order valence-corrected chi connectivity index (χ4v) is 6.73. The average Bonchev–Trinajstić information content (AvgIpc) is 3.36. The number of carbonyl (C=O) groups is 1. The van der Waals surface area contributed by atoms with Gasteiger partial charge in [0.25, 0.3) is 0 Å². The summed E-state index contributed by atoms with van der Waals surface area (Å²) in [5, 5.41) is 4.52.